The van der Waals surface area contributed by atoms with Crippen LogP contribution in [0.15, 0.2) is 12.2 Å². The third kappa shape index (κ3) is 9.05. The Bertz CT molecular complexity index is 1280. The van der Waals surface area contributed by atoms with Crippen LogP contribution in [-0.2, 0) is 29.2 Å². The highest BCUT2D eigenvalue weighted by atomic mass is 32.2. The molecule has 252 valence electrons. The molecule has 0 spiro atoms. The quantitative estimate of drug-likeness (QED) is 0.180. The Hall–Kier alpha value is -3.00. The van der Waals surface area contributed by atoms with Crippen LogP contribution in [0, 0.1) is 17.3 Å². The molecule has 5 atom stereocenters. The first kappa shape index (κ1) is 34.9. The van der Waals surface area contributed by atoms with Gasteiger partial charge in [0.1, 0.15) is 12.1 Å². The summed E-state index contributed by atoms with van der Waals surface area (Å²) in [6.07, 6.45) is 10.1. The van der Waals surface area contributed by atoms with Gasteiger partial charge in [0, 0.05) is 38.6 Å². The minimum atomic E-state index is -3.37. The molecule has 2 aliphatic carbocycles. The predicted octanol–water partition coefficient (Wildman–Crippen LogP) is 1.05. The van der Waals surface area contributed by atoms with Crippen LogP contribution in [0.5, 0.6) is 0 Å². The van der Waals surface area contributed by atoms with Crippen molar-refractivity contribution < 1.29 is 32.4 Å². The molecular weight excluding hydrogens is 600 g/mol. The van der Waals surface area contributed by atoms with Gasteiger partial charge in [-0.3, -0.25) is 19.2 Å². The van der Waals surface area contributed by atoms with Gasteiger partial charge in [-0.2, -0.15) is 4.31 Å². The summed E-state index contributed by atoms with van der Waals surface area (Å²) in [6, 6.07) is -3.84. The van der Waals surface area contributed by atoms with E-state index < -0.39 is 63.2 Å². The van der Waals surface area contributed by atoms with Crippen molar-refractivity contribution in [3.63, 3.8) is 0 Å². The van der Waals surface area contributed by atoms with Gasteiger partial charge in [0.25, 0.3) is 5.91 Å². The van der Waals surface area contributed by atoms with Gasteiger partial charge in [-0.15, -0.1) is 0 Å². The molecule has 2 saturated heterocycles. The van der Waals surface area contributed by atoms with Crippen LogP contribution >= 0.6 is 0 Å². The number of sulfonamides is 1. The van der Waals surface area contributed by atoms with Crippen molar-refractivity contribution in [1.29, 1.82) is 0 Å². The standard InChI is InChI=1S/C31H50N6O7S/c1-31(2,3)24(19-36-15-9-17-45(36,43)44)34-30(42)35-25(21-10-6-5-7-11-21)29(41)37-16-8-12-23(37)27(39)33-22(18-20-13-14-20)26(38)28(40)32-4/h6,10,20-25H,5,7-9,11-19H2,1-4H3,(H,32,40)(H,33,39)(H2,34,35,42)/t21?,22?,23-,24+,25-/m0/s1. The Morgan fingerprint density at radius 1 is 0.933 bits per heavy atom. The molecule has 0 bridgehead atoms. The molecule has 0 radical (unpaired) electrons. The Morgan fingerprint density at radius 3 is 2.24 bits per heavy atom. The first-order valence-corrected chi connectivity index (χ1v) is 17.9. The van der Waals surface area contributed by atoms with Crippen molar-refractivity contribution in [2.45, 2.75) is 103 Å². The molecule has 14 heteroatoms. The molecule has 2 aliphatic heterocycles. The van der Waals surface area contributed by atoms with Crippen molar-refractivity contribution in [1.82, 2.24) is 30.5 Å². The van der Waals surface area contributed by atoms with E-state index in [1.165, 1.54) is 16.3 Å². The second kappa shape index (κ2) is 14.6. The summed E-state index contributed by atoms with van der Waals surface area (Å²) in [7, 11) is -2.00. The number of urea groups is 1. The predicted molar refractivity (Wildman–Crippen MR) is 168 cm³/mol. The third-order valence-corrected chi connectivity index (χ3v) is 11.3. The molecule has 2 heterocycles. The number of likely N-dealkylation sites (N-methyl/N-ethyl adjacent to an activating group) is 1. The molecule has 4 aliphatic rings. The first-order chi connectivity index (χ1) is 21.2. The fourth-order valence-corrected chi connectivity index (χ4v) is 7.93. The molecular formula is C31H50N6O7S. The Labute approximate surface area is 266 Å². The van der Waals surface area contributed by atoms with Gasteiger partial charge in [-0.05, 0) is 56.3 Å². The van der Waals surface area contributed by atoms with E-state index in [1.807, 2.05) is 32.9 Å². The second-order valence-corrected chi connectivity index (χ2v) is 16.0. The van der Waals surface area contributed by atoms with Crippen LogP contribution in [0.3, 0.4) is 0 Å². The van der Waals surface area contributed by atoms with Crippen LogP contribution in [0.1, 0.15) is 78.6 Å². The van der Waals surface area contributed by atoms with Gasteiger partial charge >= 0.3 is 6.03 Å². The maximum atomic E-state index is 14.2. The van der Waals surface area contributed by atoms with Gasteiger partial charge in [0.05, 0.1) is 11.8 Å². The van der Waals surface area contributed by atoms with Crippen LogP contribution in [0.2, 0.25) is 0 Å². The number of carbonyl (C=O) groups is 5. The molecule has 0 aromatic carbocycles. The molecule has 45 heavy (non-hydrogen) atoms. The molecule has 5 amide bonds. The second-order valence-electron chi connectivity index (χ2n) is 13.9. The van der Waals surface area contributed by atoms with Crippen LogP contribution < -0.4 is 21.3 Å². The number of ketones is 1. The molecule has 2 unspecified atom stereocenters. The number of hydrogen-bond acceptors (Lipinski definition) is 7. The molecule has 0 aromatic rings. The summed E-state index contributed by atoms with van der Waals surface area (Å²) in [6.45, 7) is 6.62. The molecule has 4 rings (SSSR count). The number of allylic oxidation sites excluding steroid dienone is 1. The zero-order chi connectivity index (χ0) is 32.9. The minimum absolute atomic E-state index is 0.0898. The number of hydrogen-bond donors (Lipinski definition) is 4. The summed E-state index contributed by atoms with van der Waals surface area (Å²) in [5, 5.41) is 10.9. The molecule has 4 N–H and O–H groups in total. The zero-order valence-electron chi connectivity index (χ0n) is 27.0. The van der Waals surface area contributed by atoms with E-state index in [-0.39, 0.29) is 30.0 Å². The van der Waals surface area contributed by atoms with Crippen molar-refractivity contribution in [2.75, 3.05) is 32.4 Å². The van der Waals surface area contributed by atoms with E-state index in [0.717, 1.165) is 25.7 Å². The number of rotatable bonds is 12. The van der Waals surface area contributed by atoms with Crippen molar-refractivity contribution in [2.24, 2.45) is 17.3 Å². The van der Waals surface area contributed by atoms with Crippen molar-refractivity contribution in [3.05, 3.63) is 12.2 Å². The van der Waals surface area contributed by atoms with E-state index >= 15 is 0 Å². The number of nitrogens with zero attached hydrogens (tertiary/aromatic N) is 2. The summed E-state index contributed by atoms with van der Waals surface area (Å²) in [4.78, 5) is 67.5. The van der Waals surface area contributed by atoms with E-state index in [1.54, 1.807) is 0 Å². The van der Waals surface area contributed by atoms with Gasteiger partial charge in [-0.1, -0.05) is 45.8 Å². The van der Waals surface area contributed by atoms with Crippen molar-refractivity contribution in [3.8, 4) is 0 Å². The lowest BCUT2D eigenvalue weighted by Gasteiger charge is -2.36. The average Bonchev–Trinajstić information content (AvgIpc) is 3.55. The smallest absolute Gasteiger partial charge is 0.315 e. The summed E-state index contributed by atoms with van der Waals surface area (Å²) in [5.41, 5.74) is -0.471. The lowest BCUT2D eigenvalue weighted by molar-refractivity contribution is -0.143. The Morgan fingerprint density at radius 2 is 1.67 bits per heavy atom. The van der Waals surface area contributed by atoms with Crippen LogP contribution in [-0.4, -0.2) is 104 Å². The van der Waals surface area contributed by atoms with E-state index in [0.29, 0.717) is 45.2 Å². The number of Topliss-reactive ketones (excluding diaryl/α,β-unsaturated/α-hetero) is 1. The van der Waals surface area contributed by atoms with E-state index in [9.17, 15) is 32.4 Å². The summed E-state index contributed by atoms with van der Waals surface area (Å²) in [5.74, 6) is -2.26. The zero-order valence-corrected chi connectivity index (χ0v) is 27.8. The lowest BCUT2D eigenvalue weighted by Crippen LogP contribution is -2.60. The maximum Gasteiger partial charge on any atom is 0.315 e. The highest BCUT2D eigenvalue weighted by molar-refractivity contribution is 7.89. The van der Waals surface area contributed by atoms with Crippen LogP contribution in [0.25, 0.3) is 0 Å². The topological polar surface area (TPSA) is 174 Å². The number of nitrogens with one attached hydrogen (secondary N) is 4. The van der Waals surface area contributed by atoms with Crippen molar-refractivity contribution >= 4 is 39.6 Å². The number of likely N-dealkylation sites (tertiary alicyclic amines) is 1. The monoisotopic (exact) mass is 650 g/mol. The largest absolute Gasteiger partial charge is 0.353 e. The van der Waals surface area contributed by atoms with Crippen LogP contribution in [0.4, 0.5) is 4.79 Å². The van der Waals surface area contributed by atoms with Gasteiger partial charge in [-0.25, -0.2) is 13.2 Å². The Kier molecular flexibility index (Phi) is 11.3. The normalized spacial score (nSPS) is 25.2. The number of amides is 5. The fourth-order valence-electron chi connectivity index (χ4n) is 6.39. The molecule has 1 saturated carbocycles. The summed E-state index contributed by atoms with van der Waals surface area (Å²) < 4.78 is 26.4. The Balaban J connectivity index is 1.48. The highest BCUT2D eigenvalue weighted by Crippen LogP contribution is 2.34. The van der Waals surface area contributed by atoms with Gasteiger partial charge < -0.3 is 26.2 Å². The highest BCUT2D eigenvalue weighted by Gasteiger charge is 2.43. The fraction of sp³-hybridized carbons (Fsp3) is 0.774. The summed E-state index contributed by atoms with van der Waals surface area (Å²) >= 11 is 0. The first-order valence-electron chi connectivity index (χ1n) is 16.3. The lowest BCUT2D eigenvalue weighted by atomic mass is 9.86. The molecule has 3 fully saturated rings. The molecule has 0 aromatic heterocycles. The molecule has 13 nitrogen and oxygen atoms in total. The van der Waals surface area contributed by atoms with Gasteiger partial charge in [0.2, 0.25) is 27.6 Å². The van der Waals surface area contributed by atoms with E-state index in [2.05, 4.69) is 21.3 Å². The maximum absolute atomic E-state index is 14.2. The number of carbonyl (C=O) groups excluding carboxylic acids is 5. The van der Waals surface area contributed by atoms with Gasteiger partial charge in [0.15, 0.2) is 0 Å². The average molecular weight is 651 g/mol. The third-order valence-electron chi connectivity index (χ3n) is 9.40. The SMILES string of the molecule is CNC(=O)C(=O)C(CC1CC1)NC(=O)[C@@H]1CCCN1C(=O)[C@@H](NC(=O)N[C@H](CN1CCCS1(=O)=O)C(C)(C)C)C1C=CCCC1. The minimum Gasteiger partial charge on any atom is -0.353 e. The van der Waals surface area contributed by atoms with E-state index in [4.69, 9.17) is 0 Å².